The van der Waals surface area contributed by atoms with E-state index in [2.05, 4.69) is 6.07 Å². The molecule has 110 valence electrons. The van der Waals surface area contributed by atoms with Gasteiger partial charge in [-0.3, -0.25) is 4.79 Å². The number of nitrogens with two attached hydrogens (primary N) is 1. The number of aryl methyl sites for hydroxylation is 1. The Balaban J connectivity index is 1.97. The van der Waals surface area contributed by atoms with Crippen molar-refractivity contribution >= 4 is 5.91 Å². The zero-order valence-corrected chi connectivity index (χ0v) is 12.6. The third-order valence-corrected chi connectivity index (χ3v) is 3.91. The van der Waals surface area contributed by atoms with Crippen molar-refractivity contribution < 1.29 is 9.53 Å². The summed E-state index contributed by atoms with van der Waals surface area (Å²) in [5, 5.41) is 0. The molecule has 2 N–H and O–H groups in total. The molecule has 0 saturated heterocycles. The highest BCUT2D eigenvalue weighted by atomic mass is 16.5. The van der Waals surface area contributed by atoms with E-state index in [0.717, 1.165) is 16.9 Å². The van der Waals surface area contributed by atoms with Crippen LogP contribution in [0, 0.1) is 12.8 Å². The van der Waals surface area contributed by atoms with Gasteiger partial charge in [0.25, 0.3) is 0 Å². The summed E-state index contributed by atoms with van der Waals surface area (Å²) in [5.41, 5.74) is 8.21. The first-order chi connectivity index (χ1) is 9.51. The molecule has 1 saturated carbocycles. The van der Waals surface area contributed by atoms with Gasteiger partial charge in [0, 0.05) is 31.6 Å². The Bertz CT molecular complexity index is 483. The minimum Gasteiger partial charge on any atom is -0.496 e. The molecule has 0 radical (unpaired) electrons. The summed E-state index contributed by atoms with van der Waals surface area (Å²) in [4.78, 5) is 13.9. The fourth-order valence-electron chi connectivity index (χ4n) is 2.42. The number of benzene rings is 1. The second kappa shape index (κ2) is 6.27. The molecule has 1 aromatic rings. The van der Waals surface area contributed by atoms with Crippen LogP contribution in [0.2, 0.25) is 0 Å². The molecule has 0 aliphatic heterocycles. The van der Waals surface area contributed by atoms with Gasteiger partial charge in [-0.2, -0.15) is 0 Å². The van der Waals surface area contributed by atoms with Crippen molar-refractivity contribution in [3.05, 3.63) is 29.3 Å². The lowest BCUT2D eigenvalue weighted by Crippen LogP contribution is -2.34. The minimum absolute atomic E-state index is 0.0179. The van der Waals surface area contributed by atoms with E-state index in [1.165, 1.54) is 12.8 Å². The summed E-state index contributed by atoms with van der Waals surface area (Å²) in [6, 6.07) is 6.03. The van der Waals surface area contributed by atoms with Crippen LogP contribution in [-0.2, 0) is 11.3 Å². The zero-order valence-electron chi connectivity index (χ0n) is 12.6. The van der Waals surface area contributed by atoms with E-state index in [9.17, 15) is 4.79 Å². The summed E-state index contributed by atoms with van der Waals surface area (Å²) in [5.74, 6) is 1.48. The molecule has 1 atom stereocenters. The Labute approximate surface area is 120 Å². The first-order valence-electron chi connectivity index (χ1n) is 7.14. The van der Waals surface area contributed by atoms with E-state index in [0.29, 0.717) is 18.9 Å². The second-order valence-electron chi connectivity index (χ2n) is 5.77. The molecule has 20 heavy (non-hydrogen) atoms. The van der Waals surface area contributed by atoms with E-state index < -0.39 is 0 Å². The lowest BCUT2D eigenvalue weighted by Gasteiger charge is -2.21. The standard InChI is InChI=1S/C16H24N2O2/c1-11-4-7-15(20-3)13(8-11)10-18(2)16(19)9-14(17)12-5-6-12/h4,7-8,12,14H,5-6,9-10,17H2,1-3H3. The van der Waals surface area contributed by atoms with Crippen molar-refractivity contribution in [2.45, 2.75) is 38.8 Å². The monoisotopic (exact) mass is 276 g/mol. The van der Waals surface area contributed by atoms with Gasteiger partial charge in [-0.1, -0.05) is 17.7 Å². The maximum atomic E-state index is 12.2. The van der Waals surface area contributed by atoms with E-state index in [-0.39, 0.29) is 11.9 Å². The molecule has 2 rings (SSSR count). The number of rotatable bonds is 6. The minimum atomic E-state index is 0.0179. The van der Waals surface area contributed by atoms with E-state index in [1.54, 1.807) is 12.0 Å². The van der Waals surface area contributed by atoms with Crippen molar-refractivity contribution in [3.8, 4) is 5.75 Å². The van der Waals surface area contributed by atoms with E-state index >= 15 is 0 Å². The SMILES string of the molecule is COc1ccc(C)cc1CN(C)C(=O)CC(N)C1CC1. The maximum absolute atomic E-state index is 12.2. The Kier molecular flexibility index (Phi) is 4.65. The Morgan fingerprint density at radius 3 is 2.80 bits per heavy atom. The molecule has 0 heterocycles. The smallest absolute Gasteiger partial charge is 0.224 e. The van der Waals surface area contributed by atoms with Crippen LogP contribution in [0.4, 0.5) is 0 Å². The molecule has 1 fully saturated rings. The van der Waals surface area contributed by atoms with E-state index in [1.807, 2.05) is 26.1 Å². The number of carbonyl (C=O) groups excluding carboxylic acids is 1. The van der Waals surface area contributed by atoms with Gasteiger partial charge >= 0.3 is 0 Å². The van der Waals surface area contributed by atoms with Crippen molar-refractivity contribution in [2.75, 3.05) is 14.2 Å². The Hall–Kier alpha value is -1.55. The van der Waals surface area contributed by atoms with Crippen LogP contribution in [0.1, 0.15) is 30.4 Å². The van der Waals surface area contributed by atoms with E-state index in [4.69, 9.17) is 10.5 Å². The molecular formula is C16H24N2O2. The molecule has 1 amide bonds. The highest BCUT2D eigenvalue weighted by Crippen LogP contribution is 2.33. The summed E-state index contributed by atoms with van der Waals surface area (Å²) in [7, 11) is 3.47. The molecule has 1 aromatic carbocycles. The van der Waals surface area contributed by atoms with Crippen LogP contribution in [0.25, 0.3) is 0 Å². The molecule has 4 nitrogen and oxygen atoms in total. The quantitative estimate of drug-likeness (QED) is 0.865. The first-order valence-corrected chi connectivity index (χ1v) is 7.14. The zero-order chi connectivity index (χ0) is 14.7. The van der Waals surface area contributed by atoms with Crippen LogP contribution in [0.5, 0.6) is 5.75 Å². The molecule has 1 unspecified atom stereocenters. The molecule has 1 aliphatic rings. The molecule has 0 spiro atoms. The number of carbonyl (C=O) groups is 1. The summed E-state index contributed by atoms with van der Waals surface area (Å²) in [6.45, 7) is 2.59. The van der Waals surface area contributed by atoms with Crippen LogP contribution < -0.4 is 10.5 Å². The molecule has 4 heteroatoms. The third kappa shape index (κ3) is 3.73. The summed E-state index contributed by atoms with van der Waals surface area (Å²) in [6.07, 6.45) is 2.78. The number of amides is 1. The predicted molar refractivity (Wildman–Crippen MR) is 79.5 cm³/mol. The number of ether oxygens (including phenoxy) is 1. The van der Waals surface area contributed by atoms with Crippen molar-refractivity contribution in [3.63, 3.8) is 0 Å². The van der Waals surface area contributed by atoms with Crippen LogP contribution in [-0.4, -0.2) is 31.0 Å². The second-order valence-corrected chi connectivity index (χ2v) is 5.77. The normalized spacial score (nSPS) is 15.8. The maximum Gasteiger partial charge on any atom is 0.224 e. The van der Waals surface area contributed by atoms with Gasteiger partial charge in [-0.25, -0.2) is 0 Å². The lowest BCUT2D eigenvalue weighted by atomic mass is 10.1. The Morgan fingerprint density at radius 2 is 2.20 bits per heavy atom. The topological polar surface area (TPSA) is 55.6 Å². The van der Waals surface area contributed by atoms with Gasteiger partial charge in [-0.05, 0) is 31.7 Å². The third-order valence-electron chi connectivity index (χ3n) is 3.91. The van der Waals surface area contributed by atoms with Gasteiger partial charge in [0.2, 0.25) is 5.91 Å². The molecule has 0 bridgehead atoms. The fourth-order valence-corrected chi connectivity index (χ4v) is 2.42. The number of methoxy groups -OCH3 is 1. The van der Waals surface area contributed by atoms with Crippen LogP contribution in [0.15, 0.2) is 18.2 Å². The van der Waals surface area contributed by atoms with Gasteiger partial charge < -0.3 is 15.4 Å². The van der Waals surface area contributed by atoms with Crippen LogP contribution in [0.3, 0.4) is 0 Å². The molecular weight excluding hydrogens is 252 g/mol. The van der Waals surface area contributed by atoms with Gasteiger partial charge in [0.05, 0.1) is 7.11 Å². The molecule has 1 aliphatic carbocycles. The summed E-state index contributed by atoms with van der Waals surface area (Å²) < 4.78 is 5.35. The van der Waals surface area contributed by atoms with Crippen molar-refractivity contribution in [2.24, 2.45) is 11.7 Å². The first kappa shape index (κ1) is 14.9. The Morgan fingerprint density at radius 1 is 1.50 bits per heavy atom. The van der Waals surface area contributed by atoms with Crippen LogP contribution >= 0.6 is 0 Å². The number of hydrogen-bond donors (Lipinski definition) is 1. The number of nitrogens with zero attached hydrogens (tertiary/aromatic N) is 1. The van der Waals surface area contributed by atoms with Crippen molar-refractivity contribution in [1.82, 2.24) is 4.90 Å². The highest BCUT2D eigenvalue weighted by Gasteiger charge is 2.30. The predicted octanol–water partition coefficient (Wildman–Crippen LogP) is 2.09. The highest BCUT2D eigenvalue weighted by molar-refractivity contribution is 5.76. The largest absolute Gasteiger partial charge is 0.496 e. The van der Waals surface area contributed by atoms with Gasteiger partial charge in [-0.15, -0.1) is 0 Å². The average molecular weight is 276 g/mol. The summed E-state index contributed by atoms with van der Waals surface area (Å²) >= 11 is 0. The van der Waals surface area contributed by atoms with Crippen molar-refractivity contribution in [1.29, 1.82) is 0 Å². The molecule has 0 aromatic heterocycles. The van der Waals surface area contributed by atoms with Gasteiger partial charge in [0.1, 0.15) is 5.75 Å². The average Bonchev–Trinajstić information content (AvgIpc) is 3.23. The lowest BCUT2D eigenvalue weighted by molar-refractivity contribution is -0.130. The fraction of sp³-hybridized carbons (Fsp3) is 0.562. The van der Waals surface area contributed by atoms with Gasteiger partial charge in [0.15, 0.2) is 0 Å². The number of hydrogen-bond acceptors (Lipinski definition) is 3.